The lowest BCUT2D eigenvalue weighted by Gasteiger charge is -2.09. The van der Waals surface area contributed by atoms with Crippen LogP contribution >= 0.6 is 0 Å². The predicted molar refractivity (Wildman–Crippen MR) is 87.1 cm³/mol. The van der Waals surface area contributed by atoms with Crippen LogP contribution in [0.2, 0.25) is 0 Å². The van der Waals surface area contributed by atoms with E-state index in [2.05, 4.69) is 10.0 Å². The molecule has 0 saturated carbocycles. The van der Waals surface area contributed by atoms with Crippen LogP contribution in [0.3, 0.4) is 0 Å². The number of fused-ring (bicyclic) bond motifs is 1. The van der Waals surface area contributed by atoms with Gasteiger partial charge in [0.25, 0.3) is 0 Å². The first-order valence-electron chi connectivity index (χ1n) is 7.56. The van der Waals surface area contributed by atoms with Crippen LogP contribution in [0.25, 0.3) is 0 Å². The predicted octanol–water partition coefficient (Wildman–Crippen LogP) is 1.85. The number of anilines is 1. The molecule has 1 aliphatic rings. The van der Waals surface area contributed by atoms with Gasteiger partial charge in [0.15, 0.2) is 11.5 Å². The highest BCUT2D eigenvalue weighted by Crippen LogP contribution is 2.34. The van der Waals surface area contributed by atoms with Crippen LogP contribution in [0.15, 0.2) is 18.2 Å². The summed E-state index contributed by atoms with van der Waals surface area (Å²) in [6.07, 6.45) is 1.55. The summed E-state index contributed by atoms with van der Waals surface area (Å²) in [7, 11) is -3.23. The zero-order valence-corrected chi connectivity index (χ0v) is 14.1. The molecule has 0 aromatic heterocycles. The third-order valence-electron chi connectivity index (χ3n) is 3.41. The maximum absolute atomic E-state index is 11.9. The van der Waals surface area contributed by atoms with Gasteiger partial charge in [-0.15, -0.1) is 0 Å². The van der Waals surface area contributed by atoms with E-state index in [1.54, 1.807) is 32.0 Å². The van der Waals surface area contributed by atoms with Crippen LogP contribution in [0, 0.1) is 0 Å². The normalized spacial score (nSPS) is 13.3. The van der Waals surface area contributed by atoms with E-state index in [4.69, 9.17) is 9.47 Å². The lowest BCUT2D eigenvalue weighted by molar-refractivity contribution is -0.116. The van der Waals surface area contributed by atoms with Gasteiger partial charge in [0.1, 0.15) is 0 Å². The molecule has 0 saturated heterocycles. The molecule has 2 rings (SSSR count). The van der Waals surface area contributed by atoms with E-state index < -0.39 is 15.3 Å². The van der Waals surface area contributed by atoms with Crippen LogP contribution in [-0.2, 0) is 14.8 Å². The Bertz CT molecular complexity index is 658. The average molecular weight is 342 g/mol. The Morgan fingerprint density at radius 3 is 2.70 bits per heavy atom. The van der Waals surface area contributed by atoms with E-state index in [9.17, 15) is 13.2 Å². The molecule has 1 aliphatic heterocycles. The minimum atomic E-state index is -3.23. The van der Waals surface area contributed by atoms with E-state index in [1.807, 2.05) is 0 Å². The van der Waals surface area contributed by atoms with Crippen LogP contribution in [-0.4, -0.2) is 32.9 Å². The standard InChI is InChI=1S/C15H22N2O5S/c1-11(2)23(19,20)16-8-4-3-5-15(18)17-12-6-7-13-14(9-12)22-10-21-13/h6-7,9,11,16H,3-5,8,10H2,1-2H3,(H,17,18). The fourth-order valence-electron chi connectivity index (χ4n) is 1.99. The summed E-state index contributed by atoms with van der Waals surface area (Å²) in [5, 5.41) is 2.34. The van der Waals surface area contributed by atoms with Gasteiger partial charge in [-0.05, 0) is 38.8 Å². The van der Waals surface area contributed by atoms with Crippen LogP contribution in [0.5, 0.6) is 11.5 Å². The zero-order valence-electron chi connectivity index (χ0n) is 13.3. The number of carbonyl (C=O) groups excluding carboxylic acids is 1. The lowest BCUT2D eigenvalue weighted by Crippen LogP contribution is -2.31. The number of unbranched alkanes of at least 4 members (excludes halogenated alkanes) is 1. The molecule has 1 aromatic rings. The van der Waals surface area contributed by atoms with Crippen molar-refractivity contribution < 1.29 is 22.7 Å². The first-order chi connectivity index (χ1) is 10.9. The largest absolute Gasteiger partial charge is 0.454 e. The summed E-state index contributed by atoms with van der Waals surface area (Å²) in [6, 6.07) is 5.22. The molecule has 2 N–H and O–H groups in total. The number of benzene rings is 1. The number of hydrogen-bond acceptors (Lipinski definition) is 5. The van der Waals surface area contributed by atoms with Gasteiger partial charge in [0.2, 0.25) is 22.7 Å². The summed E-state index contributed by atoms with van der Waals surface area (Å²) in [4.78, 5) is 11.9. The molecular formula is C15H22N2O5S. The van der Waals surface area contributed by atoms with E-state index >= 15 is 0 Å². The molecule has 0 atom stereocenters. The highest BCUT2D eigenvalue weighted by molar-refractivity contribution is 7.90. The van der Waals surface area contributed by atoms with Crippen LogP contribution in [0.4, 0.5) is 5.69 Å². The monoisotopic (exact) mass is 342 g/mol. The lowest BCUT2D eigenvalue weighted by atomic mass is 10.2. The van der Waals surface area contributed by atoms with Crippen molar-refractivity contribution in [1.82, 2.24) is 4.72 Å². The van der Waals surface area contributed by atoms with Crippen molar-refractivity contribution in [2.24, 2.45) is 0 Å². The van der Waals surface area contributed by atoms with Gasteiger partial charge in [0, 0.05) is 24.7 Å². The second-order valence-electron chi connectivity index (χ2n) is 5.56. The number of sulfonamides is 1. The van der Waals surface area contributed by atoms with Gasteiger partial charge in [0.05, 0.1) is 5.25 Å². The maximum atomic E-state index is 11.9. The molecule has 0 spiro atoms. The topological polar surface area (TPSA) is 93.7 Å². The molecule has 1 amide bonds. The second-order valence-corrected chi connectivity index (χ2v) is 7.88. The van der Waals surface area contributed by atoms with Gasteiger partial charge >= 0.3 is 0 Å². The SMILES string of the molecule is CC(C)S(=O)(=O)NCCCCC(=O)Nc1ccc2c(c1)OCO2. The molecule has 1 heterocycles. The van der Waals surface area contributed by atoms with Crippen molar-refractivity contribution in [3.8, 4) is 11.5 Å². The van der Waals surface area contributed by atoms with Gasteiger partial charge in [-0.2, -0.15) is 0 Å². The Kier molecular flexibility index (Phi) is 5.84. The third-order valence-corrected chi connectivity index (χ3v) is 5.26. The molecule has 0 radical (unpaired) electrons. The Hall–Kier alpha value is -1.80. The highest BCUT2D eigenvalue weighted by Gasteiger charge is 2.15. The van der Waals surface area contributed by atoms with Crippen LogP contribution < -0.4 is 19.5 Å². The summed E-state index contributed by atoms with van der Waals surface area (Å²) < 4.78 is 36.1. The van der Waals surface area contributed by atoms with Crippen molar-refractivity contribution in [3.05, 3.63) is 18.2 Å². The minimum absolute atomic E-state index is 0.115. The molecule has 128 valence electrons. The quantitative estimate of drug-likeness (QED) is 0.703. The zero-order chi connectivity index (χ0) is 16.9. The van der Waals surface area contributed by atoms with Gasteiger partial charge in [-0.25, -0.2) is 13.1 Å². The van der Waals surface area contributed by atoms with E-state index in [0.29, 0.717) is 43.0 Å². The first-order valence-corrected chi connectivity index (χ1v) is 9.11. The summed E-state index contributed by atoms with van der Waals surface area (Å²) >= 11 is 0. The van der Waals surface area contributed by atoms with Crippen molar-refractivity contribution in [3.63, 3.8) is 0 Å². The van der Waals surface area contributed by atoms with Gasteiger partial charge in [-0.3, -0.25) is 4.79 Å². The van der Waals surface area contributed by atoms with Gasteiger partial charge in [-0.1, -0.05) is 0 Å². The number of rotatable bonds is 8. The first kappa shape index (κ1) is 17.6. The molecule has 1 aromatic carbocycles. The number of ether oxygens (including phenoxy) is 2. The van der Waals surface area contributed by atoms with Gasteiger partial charge < -0.3 is 14.8 Å². The Labute approximate surface area is 136 Å². The maximum Gasteiger partial charge on any atom is 0.231 e. The fraction of sp³-hybridized carbons (Fsp3) is 0.533. The summed E-state index contributed by atoms with van der Waals surface area (Å²) in [6.45, 7) is 3.79. The number of hydrogen-bond donors (Lipinski definition) is 2. The molecule has 0 bridgehead atoms. The Morgan fingerprint density at radius 1 is 1.22 bits per heavy atom. The molecule has 0 unspecified atom stereocenters. The van der Waals surface area contributed by atoms with Crippen LogP contribution in [0.1, 0.15) is 33.1 Å². The van der Waals surface area contributed by atoms with E-state index in [0.717, 1.165) is 0 Å². The molecule has 7 nitrogen and oxygen atoms in total. The highest BCUT2D eigenvalue weighted by atomic mass is 32.2. The Balaban J connectivity index is 1.68. The third kappa shape index (κ3) is 5.11. The molecule has 0 fully saturated rings. The van der Waals surface area contributed by atoms with Crippen molar-refractivity contribution in [2.75, 3.05) is 18.7 Å². The van der Waals surface area contributed by atoms with E-state index in [1.165, 1.54) is 0 Å². The average Bonchev–Trinajstić information content (AvgIpc) is 2.94. The van der Waals surface area contributed by atoms with Crippen molar-refractivity contribution >= 4 is 21.6 Å². The molecular weight excluding hydrogens is 320 g/mol. The number of nitrogens with one attached hydrogen (secondary N) is 2. The second kappa shape index (κ2) is 7.65. The molecule has 0 aliphatic carbocycles. The van der Waals surface area contributed by atoms with E-state index in [-0.39, 0.29) is 12.7 Å². The smallest absolute Gasteiger partial charge is 0.231 e. The number of carbonyl (C=O) groups is 1. The van der Waals surface area contributed by atoms with Crippen molar-refractivity contribution in [2.45, 2.75) is 38.4 Å². The molecule has 23 heavy (non-hydrogen) atoms. The molecule has 8 heteroatoms. The summed E-state index contributed by atoms with van der Waals surface area (Å²) in [5.41, 5.74) is 0.653. The fourth-order valence-corrected chi connectivity index (χ4v) is 2.75. The minimum Gasteiger partial charge on any atom is -0.454 e. The van der Waals surface area contributed by atoms with Crippen molar-refractivity contribution in [1.29, 1.82) is 0 Å². The number of amides is 1. The summed E-state index contributed by atoms with van der Waals surface area (Å²) in [5.74, 6) is 1.17. The Morgan fingerprint density at radius 2 is 1.96 bits per heavy atom.